The van der Waals surface area contributed by atoms with Gasteiger partial charge in [0.1, 0.15) is 11.0 Å². The van der Waals surface area contributed by atoms with Crippen LogP contribution in [-0.4, -0.2) is 27.0 Å². The van der Waals surface area contributed by atoms with E-state index in [-0.39, 0.29) is 10.5 Å². The monoisotopic (exact) mass is 226 g/mol. The van der Waals surface area contributed by atoms with E-state index in [4.69, 9.17) is 5.26 Å². The van der Waals surface area contributed by atoms with E-state index in [0.717, 1.165) is 0 Å². The van der Waals surface area contributed by atoms with Crippen LogP contribution in [0.5, 0.6) is 0 Å². The van der Waals surface area contributed by atoms with Gasteiger partial charge in [0.15, 0.2) is 0 Å². The second-order valence-corrected chi connectivity index (χ2v) is 4.61. The molecule has 0 amide bonds. The van der Waals surface area contributed by atoms with Gasteiger partial charge in [-0.1, -0.05) is 16.6 Å². The summed E-state index contributed by atoms with van der Waals surface area (Å²) in [5.74, 6) is 0. The van der Waals surface area contributed by atoms with Gasteiger partial charge in [0, 0.05) is 7.05 Å². The molecule has 0 aromatic heterocycles. The van der Waals surface area contributed by atoms with Gasteiger partial charge in [-0.15, -0.1) is 0 Å². The molecule has 5 nitrogen and oxygen atoms in total. The molecule has 0 radical (unpaired) electrons. The van der Waals surface area contributed by atoms with Gasteiger partial charge in [0.25, 0.3) is 10.0 Å². The number of rotatable bonds is 3. The van der Waals surface area contributed by atoms with Gasteiger partial charge in [-0.25, -0.2) is 8.42 Å². The van der Waals surface area contributed by atoms with E-state index >= 15 is 0 Å². The maximum atomic E-state index is 11.8. The molecular formula is C9H10N2O3S. The second kappa shape index (κ2) is 4.40. The molecule has 0 saturated carbocycles. The lowest BCUT2D eigenvalue weighted by Crippen LogP contribution is -2.26. The number of benzene rings is 1. The number of hydrogen-bond donors (Lipinski definition) is 0. The predicted molar refractivity (Wildman–Crippen MR) is 53.1 cm³/mol. The molecule has 1 aromatic rings. The van der Waals surface area contributed by atoms with Crippen LogP contribution in [0, 0.1) is 11.3 Å². The molecule has 1 aromatic carbocycles. The smallest absolute Gasteiger partial charge is 0.266 e. The molecule has 1 rings (SSSR count). The van der Waals surface area contributed by atoms with Crippen LogP contribution in [0.25, 0.3) is 0 Å². The van der Waals surface area contributed by atoms with Gasteiger partial charge in [-0.3, -0.25) is 4.84 Å². The van der Waals surface area contributed by atoms with Crippen molar-refractivity contribution < 1.29 is 13.3 Å². The van der Waals surface area contributed by atoms with Crippen LogP contribution in [0.2, 0.25) is 0 Å². The number of sulfonamides is 1. The van der Waals surface area contributed by atoms with Gasteiger partial charge >= 0.3 is 0 Å². The quantitative estimate of drug-likeness (QED) is 0.713. The SMILES string of the molecule is CON(C)S(=O)(=O)c1ccccc1C#N. The van der Waals surface area contributed by atoms with Gasteiger partial charge in [-0.2, -0.15) is 5.26 Å². The molecule has 0 bridgehead atoms. The van der Waals surface area contributed by atoms with Gasteiger partial charge in [0.05, 0.1) is 12.7 Å². The number of nitriles is 1. The standard InChI is InChI=1S/C9H10N2O3S/c1-11(14-2)15(12,13)9-6-4-3-5-8(9)7-10/h3-6H,1-2H3. The lowest BCUT2D eigenvalue weighted by Gasteiger charge is -2.14. The molecule has 0 aliphatic rings. The van der Waals surface area contributed by atoms with Gasteiger partial charge < -0.3 is 0 Å². The highest BCUT2D eigenvalue weighted by atomic mass is 32.2. The Balaban J connectivity index is 3.35. The second-order valence-electron chi connectivity index (χ2n) is 2.71. The summed E-state index contributed by atoms with van der Waals surface area (Å²) >= 11 is 0. The maximum Gasteiger partial charge on any atom is 0.266 e. The highest BCUT2D eigenvalue weighted by Crippen LogP contribution is 2.18. The van der Waals surface area contributed by atoms with E-state index in [9.17, 15) is 8.42 Å². The van der Waals surface area contributed by atoms with Crippen LogP contribution in [0.1, 0.15) is 5.56 Å². The first-order valence-corrected chi connectivity index (χ1v) is 5.50. The summed E-state index contributed by atoms with van der Waals surface area (Å²) in [6, 6.07) is 7.78. The Hall–Kier alpha value is -1.42. The summed E-state index contributed by atoms with van der Waals surface area (Å²) < 4.78 is 24.3. The Bertz CT molecular complexity index is 490. The van der Waals surface area contributed by atoms with Crippen molar-refractivity contribution in [3.8, 4) is 6.07 Å². The number of nitrogens with zero attached hydrogens (tertiary/aromatic N) is 2. The van der Waals surface area contributed by atoms with Crippen molar-refractivity contribution in [3.05, 3.63) is 29.8 Å². The summed E-state index contributed by atoms with van der Waals surface area (Å²) in [6.07, 6.45) is 0. The molecule has 0 fully saturated rings. The molecule has 6 heteroatoms. The Morgan fingerprint density at radius 3 is 2.53 bits per heavy atom. The minimum absolute atomic E-state index is 0.0585. The van der Waals surface area contributed by atoms with Crippen LogP contribution < -0.4 is 0 Å². The predicted octanol–water partition coefficient (Wildman–Crippen LogP) is 0.740. The zero-order valence-corrected chi connectivity index (χ0v) is 9.15. The fourth-order valence-electron chi connectivity index (χ4n) is 1.02. The van der Waals surface area contributed by atoms with Crippen molar-refractivity contribution in [1.29, 1.82) is 5.26 Å². The van der Waals surface area contributed by atoms with Crippen molar-refractivity contribution in [2.24, 2.45) is 0 Å². The molecule has 0 aliphatic carbocycles. The summed E-state index contributed by atoms with van der Waals surface area (Å²) in [6.45, 7) is 0. The molecular weight excluding hydrogens is 216 g/mol. The van der Waals surface area contributed by atoms with Gasteiger partial charge in [0.2, 0.25) is 0 Å². The molecule has 0 saturated heterocycles. The Morgan fingerprint density at radius 1 is 1.40 bits per heavy atom. The molecule has 80 valence electrons. The third-order valence-corrected chi connectivity index (χ3v) is 3.62. The molecule has 0 aliphatic heterocycles. The van der Waals surface area contributed by atoms with E-state index in [0.29, 0.717) is 4.47 Å². The van der Waals surface area contributed by atoms with Crippen molar-refractivity contribution in [3.63, 3.8) is 0 Å². The maximum absolute atomic E-state index is 11.8. The zero-order valence-electron chi connectivity index (χ0n) is 8.34. The minimum atomic E-state index is -3.74. The molecule has 0 heterocycles. The lowest BCUT2D eigenvalue weighted by atomic mass is 10.2. The Labute approximate surface area is 88.5 Å². The highest BCUT2D eigenvalue weighted by molar-refractivity contribution is 7.89. The lowest BCUT2D eigenvalue weighted by molar-refractivity contribution is -0.0258. The molecule has 0 N–H and O–H groups in total. The first-order valence-electron chi connectivity index (χ1n) is 4.06. The molecule has 0 unspecified atom stereocenters. The van der Waals surface area contributed by atoms with Crippen LogP contribution in [-0.2, 0) is 14.9 Å². The fraction of sp³-hybridized carbons (Fsp3) is 0.222. The van der Waals surface area contributed by atoms with Crippen molar-refractivity contribution >= 4 is 10.0 Å². The van der Waals surface area contributed by atoms with Crippen molar-refractivity contribution in [2.75, 3.05) is 14.2 Å². The average molecular weight is 226 g/mol. The highest BCUT2D eigenvalue weighted by Gasteiger charge is 2.23. The van der Waals surface area contributed by atoms with E-state index in [1.54, 1.807) is 12.1 Å². The Kier molecular flexibility index (Phi) is 3.42. The van der Waals surface area contributed by atoms with Gasteiger partial charge in [-0.05, 0) is 12.1 Å². The topological polar surface area (TPSA) is 70.4 Å². The first-order chi connectivity index (χ1) is 7.04. The normalized spacial score (nSPS) is 11.3. The number of hydroxylamine groups is 1. The van der Waals surface area contributed by atoms with E-state index in [2.05, 4.69) is 4.84 Å². The number of hydrogen-bond acceptors (Lipinski definition) is 4. The minimum Gasteiger partial charge on any atom is -0.288 e. The van der Waals surface area contributed by atoms with Crippen molar-refractivity contribution in [1.82, 2.24) is 4.47 Å². The largest absolute Gasteiger partial charge is 0.288 e. The summed E-state index contributed by atoms with van der Waals surface area (Å²) in [4.78, 5) is 4.55. The first kappa shape index (κ1) is 11.7. The van der Waals surface area contributed by atoms with E-state index in [1.165, 1.54) is 26.3 Å². The van der Waals surface area contributed by atoms with Crippen LogP contribution in [0.3, 0.4) is 0 Å². The Morgan fingerprint density at radius 2 is 2.00 bits per heavy atom. The van der Waals surface area contributed by atoms with Crippen LogP contribution >= 0.6 is 0 Å². The van der Waals surface area contributed by atoms with E-state index in [1.807, 2.05) is 6.07 Å². The molecule has 15 heavy (non-hydrogen) atoms. The van der Waals surface area contributed by atoms with Crippen molar-refractivity contribution in [2.45, 2.75) is 4.90 Å². The molecule has 0 spiro atoms. The van der Waals surface area contributed by atoms with E-state index < -0.39 is 10.0 Å². The van der Waals surface area contributed by atoms with Crippen LogP contribution in [0.15, 0.2) is 29.2 Å². The molecule has 0 atom stereocenters. The average Bonchev–Trinajstić information content (AvgIpc) is 2.27. The summed E-state index contributed by atoms with van der Waals surface area (Å²) in [7, 11) is -1.23. The van der Waals surface area contributed by atoms with Crippen LogP contribution in [0.4, 0.5) is 0 Å². The zero-order chi connectivity index (χ0) is 11.5. The third-order valence-electron chi connectivity index (χ3n) is 1.88. The fourth-order valence-corrected chi connectivity index (χ4v) is 2.14. The summed E-state index contributed by atoms with van der Waals surface area (Å²) in [5.41, 5.74) is 0.0985. The summed E-state index contributed by atoms with van der Waals surface area (Å²) in [5, 5.41) is 8.76. The third kappa shape index (κ3) is 2.15.